The first-order chi connectivity index (χ1) is 24.4. The third-order valence-electron chi connectivity index (χ3n) is 8.33. The standard InChI is InChI=1S/C39H33F2N5O4/c40-32-21-26(22-33(41)23-32)25-43-38(48)39(24-31-9-4-5-10-35(31)45-46-42)36(29-13-11-28(12-14-29)27-7-2-1-3-8-27)50-37(44-39)30-15-17-34(18-16-30)49-20-6-19-47/h1-5,7-18,21-23,36,47H,6,19-20,24-25H2,(H,43,48)/t36-,39-/m1/s1. The van der Waals surface area contributed by atoms with Crippen LogP contribution in [0.25, 0.3) is 21.6 Å². The second-order valence-electron chi connectivity index (χ2n) is 11.7. The Hall–Kier alpha value is -6.03. The Balaban J connectivity index is 1.44. The molecule has 252 valence electrons. The molecule has 2 N–H and O–H groups in total. The molecule has 50 heavy (non-hydrogen) atoms. The van der Waals surface area contributed by atoms with Crippen LogP contribution in [-0.2, 0) is 22.5 Å². The molecule has 0 radical (unpaired) electrons. The highest BCUT2D eigenvalue weighted by atomic mass is 19.1. The topological polar surface area (TPSA) is 129 Å². The fourth-order valence-electron chi connectivity index (χ4n) is 5.91. The number of benzene rings is 5. The molecule has 1 aliphatic heterocycles. The fraction of sp³-hybridized carbons (Fsp3) is 0.179. The van der Waals surface area contributed by atoms with Crippen LogP contribution in [-0.4, -0.2) is 35.7 Å². The minimum Gasteiger partial charge on any atom is -0.494 e. The van der Waals surface area contributed by atoms with Gasteiger partial charge in [-0.25, -0.2) is 13.8 Å². The number of azide groups is 1. The Morgan fingerprint density at radius 3 is 2.26 bits per heavy atom. The molecule has 9 nitrogen and oxygen atoms in total. The smallest absolute Gasteiger partial charge is 0.252 e. The van der Waals surface area contributed by atoms with Crippen molar-refractivity contribution < 1.29 is 28.2 Å². The number of hydrogen-bond acceptors (Lipinski definition) is 6. The first kappa shape index (κ1) is 33.9. The summed E-state index contributed by atoms with van der Waals surface area (Å²) in [7, 11) is 0. The molecule has 0 saturated heterocycles. The SMILES string of the molecule is [N-]=[N+]=Nc1ccccc1C[C@@]1(C(=O)NCc2cc(F)cc(F)c2)N=C(c2ccc(OCCCO)cc2)O[C@@H]1c1ccc(-c2ccccc2)cc1. The average Bonchev–Trinajstić information content (AvgIpc) is 3.52. The maximum absolute atomic E-state index is 14.6. The number of nitrogens with zero attached hydrogens (tertiary/aromatic N) is 4. The lowest BCUT2D eigenvalue weighted by Crippen LogP contribution is -2.49. The second-order valence-corrected chi connectivity index (χ2v) is 11.7. The number of amides is 1. The first-order valence-electron chi connectivity index (χ1n) is 16.0. The van der Waals surface area contributed by atoms with E-state index in [1.54, 1.807) is 48.5 Å². The molecule has 0 aromatic heterocycles. The molecular formula is C39H33F2N5O4. The van der Waals surface area contributed by atoms with E-state index in [0.29, 0.717) is 41.2 Å². The molecule has 2 atom stereocenters. The highest BCUT2D eigenvalue weighted by Crippen LogP contribution is 2.44. The van der Waals surface area contributed by atoms with Crippen LogP contribution in [0.5, 0.6) is 5.75 Å². The van der Waals surface area contributed by atoms with Crippen molar-refractivity contribution >= 4 is 17.5 Å². The molecule has 0 unspecified atom stereocenters. The Kier molecular flexibility index (Phi) is 10.5. The zero-order valence-corrected chi connectivity index (χ0v) is 26.9. The van der Waals surface area contributed by atoms with Crippen molar-refractivity contribution in [2.24, 2.45) is 10.1 Å². The van der Waals surface area contributed by atoms with E-state index < -0.39 is 29.2 Å². The van der Waals surface area contributed by atoms with Crippen LogP contribution in [0, 0.1) is 11.6 Å². The number of ether oxygens (including phenoxy) is 2. The van der Waals surface area contributed by atoms with E-state index in [9.17, 15) is 19.1 Å². The van der Waals surface area contributed by atoms with Gasteiger partial charge in [0.2, 0.25) is 5.90 Å². The van der Waals surface area contributed by atoms with Crippen molar-refractivity contribution in [1.29, 1.82) is 0 Å². The van der Waals surface area contributed by atoms with Crippen molar-refractivity contribution in [3.63, 3.8) is 0 Å². The number of halogens is 2. The molecule has 0 spiro atoms. The molecule has 5 aromatic rings. The predicted molar refractivity (Wildman–Crippen MR) is 186 cm³/mol. The van der Waals surface area contributed by atoms with Crippen molar-refractivity contribution in [2.75, 3.05) is 13.2 Å². The number of rotatable bonds is 13. The molecule has 1 heterocycles. The first-order valence-corrected chi connectivity index (χ1v) is 16.0. The van der Waals surface area contributed by atoms with Crippen LogP contribution in [0.3, 0.4) is 0 Å². The number of carbonyl (C=O) groups excluding carboxylic acids is 1. The maximum atomic E-state index is 14.6. The maximum Gasteiger partial charge on any atom is 0.252 e. The summed E-state index contributed by atoms with van der Waals surface area (Å²) in [6.45, 7) is 0.173. The van der Waals surface area contributed by atoms with Crippen LogP contribution in [0.15, 0.2) is 131 Å². The van der Waals surface area contributed by atoms with Gasteiger partial charge in [0.1, 0.15) is 17.4 Å². The van der Waals surface area contributed by atoms with Gasteiger partial charge in [0, 0.05) is 48.2 Å². The molecule has 1 aliphatic rings. The Labute approximate surface area is 287 Å². The Morgan fingerprint density at radius 1 is 0.900 bits per heavy atom. The highest BCUT2D eigenvalue weighted by molar-refractivity contribution is 6.01. The van der Waals surface area contributed by atoms with E-state index in [1.165, 1.54) is 0 Å². The third-order valence-corrected chi connectivity index (χ3v) is 8.33. The van der Waals surface area contributed by atoms with Gasteiger partial charge >= 0.3 is 0 Å². The summed E-state index contributed by atoms with van der Waals surface area (Å²) in [6, 6.07) is 34.5. The van der Waals surface area contributed by atoms with Gasteiger partial charge in [0.15, 0.2) is 11.6 Å². The van der Waals surface area contributed by atoms with E-state index in [2.05, 4.69) is 15.3 Å². The predicted octanol–water partition coefficient (Wildman–Crippen LogP) is 8.15. The van der Waals surface area contributed by atoms with E-state index in [4.69, 9.17) is 19.6 Å². The molecule has 0 aliphatic carbocycles. The second kappa shape index (κ2) is 15.5. The molecule has 11 heteroatoms. The molecule has 0 fully saturated rings. The van der Waals surface area contributed by atoms with Crippen LogP contribution in [0.1, 0.15) is 34.8 Å². The molecule has 1 amide bonds. The van der Waals surface area contributed by atoms with Crippen LogP contribution in [0.4, 0.5) is 14.5 Å². The minimum absolute atomic E-state index is 0.0115. The lowest BCUT2D eigenvalue weighted by atomic mass is 9.81. The highest BCUT2D eigenvalue weighted by Gasteiger charge is 2.53. The molecular weight excluding hydrogens is 640 g/mol. The van der Waals surface area contributed by atoms with Crippen LogP contribution < -0.4 is 10.1 Å². The number of aliphatic hydroxyl groups is 1. The molecule has 0 bridgehead atoms. The number of aliphatic hydroxyl groups excluding tert-OH is 1. The van der Waals surface area contributed by atoms with Gasteiger partial charge in [-0.3, -0.25) is 4.79 Å². The van der Waals surface area contributed by atoms with Gasteiger partial charge in [-0.1, -0.05) is 84.0 Å². The van der Waals surface area contributed by atoms with Gasteiger partial charge in [-0.2, -0.15) is 0 Å². The van der Waals surface area contributed by atoms with E-state index in [0.717, 1.165) is 29.3 Å². The van der Waals surface area contributed by atoms with Gasteiger partial charge in [0.05, 0.1) is 6.61 Å². The van der Waals surface area contributed by atoms with Crippen molar-refractivity contribution in [2.45, 2.75) is 31.0 Å². The van der Waals surface area contributed by atoms with Crippen LogP contribution in [0.2, 0.25) is 0 Å². The largest absolute Gasteiger partial charge is 0.494 e. The number of carbonyl (C=O) groups is 1. The number of aliphatic imine (C=N–C) groups is 1. The molecule has 6 rings (SSSR count). The van der Waals surface area contributed by atoms with Gasteiger partial charge in [0.25, 0.3) is 5.91 Å². The van der Waals surface area contributed by atoms with Gasteiger partial charge in [-0.15, -0.1) is 0 Å². The summed E-state index contributed by atoms with van der Waals surface area (Å²) in [5, 5.41) is 15.8. The lowest BCUT2D eigenvalue weighted by Gasteiger charge is -2.31. The summed E-state index contributed by atoms with van der Waals surface area (Å²) in [4.78, 5) is 22.6. The molecule has 5 aromatic carbocycles. The third kappa shape index (κ3) is 7.65. The minimum atomic E-state index is -1.66. The van der Waals surface area contributed by atoms with E-state index in [-0.39, 0.29) is 31.0 Å². The van der Waals surface area contributed by atoms with Crippen molar-refractivity contribution in [3.8, 4) is 16.9 Å². The number of hydrogen-bond donors (Lipinski definition) is 2. The Morgan fingerprint density at radius 2 is 1.56 bits per heavy atom. The summed E-state index contributed by atoms with van der Waals surface area (Å²) in [6.07, 6.45) is -0.520. The van der Waals surface area contributed by atoms with Crippen molar-refractivity contribution in [3.05, 3.63) is 166 Å². The van der Waals surface area contributed by atoms with Crippen LogP contribution >= 0.6 is 0 Å². The number of nitrogens with one attached hydrogen (secondary N) is 1. The quantitative estimate of drug-likeness (QED) is 0.0566. The summed E-state index contributed by atoms with van der Waals surface area (Å²) in [5.74, 6) is -1.32. The summed E-state index contributed by atoms with van der Waals surface area (Å²) >= 11 is 0. The molecule has 0 saturated carbocycles. The van der Waals surface area contributed by atoms with Gasteiger partial charge < -0.3 is 19.9 Å². The zero-order valence-electron chi connectivity index (χ0n) is 26.9. The van der Waals surface area contributed by atoms with E-state index >= 15 is 0 Å². The Bertz CT molecular complexity index is 2010. The normalized spacial score (nSPS) is 16.5. The fourth-order valence-corrected chi connectivity index (χ4v) is 5.91. The average molecular weight is 674 g/mol. The summed E-state index contributed by atoms with van der Waals surface area (Å²) in [5.41, 5.74) is 11.9. The monoisotopic (exact) mass is 673 g/mol. The van der Waals surface area contributed by atoms with Crippen molar-refractivity contribution in [1.82, 2.24) is 5.32 Å². The lowest BCUT2D eigenvalue weighted by molar-refractivity contribution is -0.129. The summed E-state index contributed by atoms with van der Waals surface area (Å²) < 4.78 is 40.4. The van der Waals surface area contributed by atoms with Gasteiger partial charge in [-0.05, 0) is 69.7 Å². The zero-order chi connectivity index (χ0) is 34.9. The van der Waals surface area contributed by atoms with E-state index in [1.807, 2.05) is 54.6 Å².